The molecular formula is C15H25NO2. The second-order valence-corrected chi connectivity index (χ2v) is 4.96. The number of hydrogen-bond donors (Lipinski definition) is 1. The average Bonchev–Trinajstić information content (AvgIpc) is 2.27. The highest BCUT2D eigenvalue weighted by atomic mass is 16.5. The van der Waals surface area contributed by atoms with Gasteiger partial charge in [0.05, 0.1) is 12.2 Å². The normalized spacial score (nSPS) is 11.1. The summed E-state index contributed by atoms with van der Waals surface area (Å²) >= 11 is 0. The third-order valence-electron chi connectivity index (χ3n) is 2.41. The largest absolute Gasteiger partial charge is 0.491 e. The lowest BCUT2D eigenvalue weighted by Crippen LogP contribution is -2.13. The highest BCUT2D eigenvalue weighted by molar-refractivity contribution is 5.40. The summed E-state index contributed by atoms with van der Waals surface area (Å²) in [6.07, 6.45) is 1.32. The molecule has 18 heavy (non-hydrogen) atoms. The van der Waals surface area contributed by atoms with E-state index in [0.717, 1.165) is 24.5 Å². The van der Waals surface area contributed by atoms with E-state index in [9.17, 15) is 0 Å². The van der Waals surface area contributed by atoms with Gasteiger partial charge in [-0.3, -0.25) is 0 Å². The number of rotatable bonds is 7. The Morgan fingerprint density at radius 1 is 1.06 bits per heavy atom. The Kier molecular flexibility index (Phi) is 5.99. The predicted octanol–water partition coefficient (Wildman–Crippen LogP) is 3.02. The van der Waals surface area contributed by atoms with Crippen molar-refractivity contribution in [3.05, 3.63) is 23.8 Å². The van der Waals surface area contributed by atoms with Crippen LogP contribution in [0.5, 0.6) is 11.5 Å². The molecule has 0 amide bonds. The van der Waals surface area contributed by atoms with E-state index in [1.807, 2.05) is 46.9 Å². The number of benzene rings is 1. The lowest BCUT2D eigenvalue weighted by Gasteiger charge is -2.17. The molecular weight excluding hydrogens is 226 g/mol. The Morgan fingerprint density at radius 2 is 1.72 bits per heavy atom. The third kappa shape index (κ3) is 4.96. The van der Waals surface area contributed by atoms with E-state index in [0.29, 0.717) is 0 Å². The number of hydrogen-bond acceptors (Lipinski definition) is 3. The first kappa shape index (κ1) is 14.8. The molecule has 1 aromatic carbocycles. The van der Waals surface area contributed by atoms with Gasteiger partial charge >= 0.3 is 0 Å². The minimum Gasteiger partial charge on any atom is -0.491 e. The fourth-order valence-corrected chi connectivity index (χ4v) is 1.73. The second-order valence-electron chi connectivity index (χ2n) is 4.96. The maximum absolute atomic E-state index is 5.82. The lowest BCUT2D eigenvalue weighted by atomic mass is 10.1. The summed E-state index contributed by atoms with van der Waals surface area (Å²) in [5.74, 6) is 1.86. The van der Waals surface area contributed by atoms with Gasteiger partial charge in [-0.25, -0.2) is 0 Å². The summed E-state index contributed by atoms with van der Waals surface area (Å²) < 4.78 is 11.5. The van der Waals surface area contributed by atoms with Gasteiger partial charge in [0, 0.05) is 0 Å². The Balaban J connectivity index is 2.88. The van der Waals surface area contributed by atoms with Crippen LogP contribution in [0.15, 0.2) is 18.2 Å². The van der Waals surface area contributed by atoms with Crippen LogP contribution < -0.4 is 14.8 Å². The number of nitrogens with one attached hydrogen (secondary N) is 1. The van der Waals surface area contributed by atoms with E-state index >= 15 is 0 Å². The second kappa shape index (κ2) is 7.27. The zero-order valence-electron chi connectivity index (χ0n) is 12.1. The van der Waals surface area contributed by atoms with Gasteiger partial charge in [-0.05, 0) is 71.5 Å². The van der Waals surface area contributed by atoms with Gasteiger partial charge < -0.3 is 14.8 Å². The van der Waals surface area contributed by atoms with Crippen LogP contribution in [0.2, 0.25) is 0 Å². The van der Waals surface area contributed by atoms with Crippen molar-refractivity contribution in [2.75, 3.05) is 13.6 Å². The smallest absolute Gasteiger partial charge is 0.123 e. The molecule has 0 radical (unpaired) electrons. The first-order valence-corrected chi connectivity index (χ1v) is 6.63. The fraction of sp³-hybridized carbons (Fsp3) is 0.600. The molecule has 1 rings (SSSR count). The molecule has 1 N–H and O–H groups in total. The molecule has 0 spiro atoms. The van der Waals surface area contributed by atoms with Crippen LogP contribution in [0, 0.1) is 0 Å². The molecule has 0 heterocycles. The highest BCUT2D eigenvalue weighted by Crippen LogP contribution is 2.26. The maximum atomic E-state index is 5.82. The highest BCUT2D eigenvalue weighted by Gasteiger charge is 2.08. The molecule has 0 saturated heterocycles. The minimum atomic E-state index is 0.190. The minimum absolute atomic E-state index is 0.190. The molecule has 0 aliphatic carbocycles. The van der Waals surface area contributed by atoms with Crippen LogP contribution >= 0.6 is 0 Å². The lowest BCUT2D eigenvalue weighted by molar-refractivity contribution is 0.233. The molecule has 0 bridgehead atoms. The van der Waals surface area contributed by atoms with E-state index in [1.54, 1.807) is 0 Å². The SMILES string of the molecule is CNCCc1cc(OC(C)C)ccc1OC(C)C. The molecule has 3 heteroatoms. The van der Waals surface area contributed by atoms with Gasteiger partial charge in [-0.15, -0.1) is 0 Å². The van der Waals surface area contributed by atoms with E-state index in [4.69, 9.17) is 9.47 Å². The summed E-state index contributed by atoms with van der Waals surface area (Å²) in [5, 5.41) is 3.16. The molecule has 3 nitrogen and oxygen atoms in total. The summed E-state index contributed by atoms with van der Waals surface area (Å²) in [4.78, 5) is 0. The van der Waals surface area contributed by atoms with Gasteiger partial charge in [-0.1, -0.05) is 0 Å². The van der Waals surface area contributed by atoms with Crippen LogP contribution in [0.3, 0.4) is 0 Å². The van der Waals surface area contributed by atoms with Gasteiger partial charge in [-0.2, -0.15) is 0 Å². The zero-order chi connectivity index (χ0) is 13.5. The van der Waals surface area contributed by atoms with Crippen LogP contribution in [-0.4, -0.2) is 25.8 Å². The molecule has 0 unspecified atom stereocenters. The number of ether oxygens (including phenoxy) is 2. The first-order valence-electron chi connectivity index (χ1n) is 6.63. The van der Waals surface area contributed by atoms with Crippen molar-refractivity contribution in [2.24, 2.45) is 0 Å². The van der Waals surface area contributed by atoms with E-state index < -0.39 is 0 Å². The monoisotopic (exact) mass is 251 g/mol. The van der Waals surface area contributed by atoms with Crippen LogP contribution in [0.1, 0.15) is 33.3 Å². The van der Waals surface area contributed by atoms with Gasteiger partial charge in [0.2, 0.25) is 0 Å². The molecule has 102 valence electrons. The Morgan fingerprint density at radius 3 is 2.28 bits per heavy atom. The molecule has 1 aromatic rings. The van der Waals surface area contributed by atoms with Crippen LogP contribution in [0.25, 0.3) is 0 Å². The quantitative estimate of drug-likeness (QED) is 0.808. The summed E-state index contributed by atoms with van der Waals surface area (Å²) in [5.41, 5.74) is 1.19. The summed E-state index contributed by atoms with van der Waals surface area (Å²) in [7, 11) is 1.96. The first-order chi connectivity index (χ1) is 8.52. The topological polar surface area (TPSA) is 30.5 Å². The third-order valence-corrected chi connectivity index (χ3v) is 2.41. The van der Waals surface area contributed by atoms with E-state index in [1.165, 1.54) is 5.56 Å². The molecule has 0 fully saturated rings. The van der Waals surface area contributed by atoms with Crippen molar-refractivity contribution in [1.82, 2.24) is 5.32 Å². The van der Waals surface area contributed by atoms with Crippen LogP contribution in [-0.2, 0) is 6.42 Å². The molecule has 0 aromatic heterocycles. The predicted molar refractivity (Wildman–Crippen MR) is 75.6 cm³/mol. The molecule has 0 aliphatic rings. The fourth-order valence-electron chi connectivity index (χ4n) is 1.73. The van der Waals surface area contributed by atoms with Crippen molar-refractivity contribution in [3.63, 3.8) is 0 Å². The van der Waals surface area contributed by atoms with Crippen LogP contribution in [0.4, 0.5) is 0 Å². The molecule has 0 atom stereocenters. The van der Waals surface area contributed by atoms with E-state index in [-0.39, 0.29) is 12.2 Å². The van der Waals surface area contributed by atoms with Gasteiger partial charge in [0.1, 0.15) is 11.5 Å². The van der Waals surface area contributed by atoms with Crippen molar-refractivity contribution < 1.29 is 9.47 Å². The van der Waals surface area contributed by atoms with Crippen molar-refractivity contribution >= 4 is 0 Å². The Labute approximate surface area is 110 Å². The molecule has 0 aliphatic heterocycles. The van der Waals surface area contributed by atoms with Crippen molar-refractivity contribution in [3.8, 4) is 11.5 Å². The van der Waals surface area contributed by atoms with Crippen molar-refractivity contribution in [2.45, 2.75) is 46.3 Å². The Bertz CT molecular complexity index is 362. The molecule has 0 saturated carbocycles. The van der Waals surface area contributed by atoms with E-state index in [2.05, 4.69) is 11.4 Å². The summed E-state index contributed by atoms with van der Waals surface area (Å²) in [6, 6.07) is 6.05. The van der Waals surface area contributed by atoms with Gasteiger partial charge in [0.15, 0.2) is 0 Å². The number of likely N-dealkylation sites (N-methyl/N-ethyl adjacent to an activating group) is 1. The maximum Gasteiger partial charge on any atom is 0.123 e. The zero-order valence-corrected chi connectivity index (χ0v) is 12.1. The summed E-state index contributed by atoms with van der Waals surface area (Å²) in [6.45, 7) is 9.08. The average molecular weight is 251 g/mol. The van der Waals surface area contributed by atoms with Gasteiger partial charge in [0.25, 0.3) is 0 Å². The Hall–Kier alpha value is -1.22. The standard InChI is InChI=1S/C15H25NO2/c1-11(2)17-14-6-7-15(18-12(3)4)13(10-14)8-9-16-5/h6-7,10-12,16H,8-9H2,1-5H3. The van der Waals surface area contributed by atoms with Crippen molar-refractivity contribution in [1.29, 1.82) is 0 Å².